The molecule has 1 aromatic rings. The Morgan fingerprint density at radius 1 is 1.24 bits per heavy atom. The van der Waals surface area contributed by atoms with Crippen LogP contribution in [-0.2, 0) is 9.59 Å². The maximum Gasteiger partial charge on any atom is 0.271 e. The molecule has 5 N–H and O–H groups in total. The molecule has 9 heteroatoms. The number of nitrogens with zero attached hydrogens (tertiary/aromatic N) is 2. The average Bonchev–Trinajstić information content (AvgIpc) is 3.15. The lowest BCUT2D eigenvalue weighted by atomic mass is 9.77. The van der Waals surface area contributed by atoms with Crippen molar-refractivity contribution in [3.8, 4) is 5.75 Å². The van der Waals surface area contributed by atoms with Crippen molar-refractivity contribution < 1.29 is 14.3 Å². The number of carbonyl (C=O) groups is 2. The normalized spacial score (nSPS) is 18.5. The number of allylic oxidation sites excluding steroid dienone is 2. The molecule has 1 spiro atoms. The number of piperidine rings is 1. The van der Waals surface area contributed by atoms with Gasteiger partial charge in [-0.2, -0.15) is 0 Å². The molecule has 0 saturated carbocycles. The van der Waals surface area contributed by atoms with Gasteiger partial charge in [0.05, 0.1) is 12.5 Å². The summed E-state index contributed by atoms with van der Waals surface area (Å²) in [5.74, 6) is 0.300. The van der Waals surface area contributed by atoms with Gasteiger partial charge in [-0.05, 0) is 44.4 Å². The van der Waals surface area contributed by atoms with E-state index in [2.05, 4.69) is 5.32 Å². The van der Waals surface area contributed by atoms with Crippen LogP contribution in [0.2, 0.25) is 0 Å². The van der Waals surface area contributed by atoms with E-state index in [4.69, 9.17) is 21.3 Å². The molecule has 0 radical (unpaired) electrons. The smallest absolute Gasteiger partial charge is 0.271 e. The largest absolute Gasteiger partial charge is 0.496 e. The first-order valence-electron chi connectivity index (χ1n) is 11.0. The molecule has 0 aliphatic carbocycles. The minimum absolute atomic E-state index is 0.0554. The van der Waals surface area contributed by atoms with E-state index in [9.17, 15) is 9.59 Å². The van der Waals surface area contributed by atoms with Gasteiger partial charge in [-0.25, -0.2) is 0 Å². The van der Waals surface area contributed by atoms with E-state index in [0.717, 1.165) is 24.0 Å². The lowest BCUT2D eigenvalue weighted by molar-refractivity contribution is -0.133. The fourth-order valence-electron chi connectivity index (χ4n) is 4.49. The van der Waals surface area contributed by atoms with E-state index in [0.29, 0.717) is 49.4 Å². The molecule has 0 aromatic heterocycles. The van der Waals surface area contributed by atoms with Crippen LogP contribution in [0.15, 0.2) is 36.2 Å². The topological polar surface area (TPSA) is 136 Å². The van der Waals surface area contributed by atoms with Gasteiger partial charge in [0.15, 0.2) is 0 Å². The molecule has 2 saturated heterocycles. The fourth-order valence-corrected chi connectivity index (χ4v) is 4.49. The van der Waals surface area contributed by atoms with Crippen molar-refractivity contribution in [1.29, 1.82) is 10.8 Å². The summed E-state index contributed by atoms with van der Waals surface area (Å²) >= 11 is 0. The first-order chi connectivity index (χ1) is 15.8. The number of carbonyl (C=O) groups excluding carboxylic acids is 2. The minimum atomic E-state index is -0.487. The zero-order valence-electron chi connectivity index (χ0n) is 19.4. The maximum absolute atomic E-state index is 13.5. The third-order valence-corrected chi connectivity index (χ3v) is 6.65. The van der Waals surface area contributed by atoms with Crippen molar-refractivity contribution >= 4 is 35.0 Å². The fraction of sp³-hybridized carbons (Fsp3) is 0.417. The third-order valence-electron chi connectivity index (χ3n) is 6.65. The number of benzene rings is 1. The second-order valence-electron chi connectivity index (χ2n) is 8.42. The molecule has 1 aromatic carbocycles. The van der Waals surface area contributed by atoms with Crippen LogP contribution < -0.4 is 20.7 Å². The van der Waals surface area contributed by atoms with Crippen LogP contribution in [0.3, 0.4) is 0 Å². The molecule has 2 aliphatic rings. The Morgan fingerprint density at radius 3 is 2.48 bits per heavy atom. The second-order valence-corrected chi connectivity index (χ2v) is 8.42. The lowest BCUT2D eigenvalue weighted by Gasteiger charge is -2.37. The van der Waals surface area contributed by atoms with Crippen LogP contribution in [0.4, 0.5) is 5.69 Å². The monoisotopic (exact) mass is 452 g/mol. The summed E-state index contributed by atoms with van der Waals surface area (Å²) in [7, 11) is 3.29. The Labute approximate surface area is 194 Å². The van der Waals surface area contributed by atoms with Gasteiger partial charge in [0.1, 0.15) is 11.5 Å². The number of hydrogen-bond donors (Lipinski definition) is 4. The molecule has 33 heavy (non-hydrogen) atoms. The summed E-state index contributed by atoms with van der Waals surface area (Å²) < 4.78 is 5.49. The van der Waals surface area contributed by atoms with Crippen LogP contribution in [0.1, 0.15) is 31.7 Å². The van der Waals surface area contributed by atoms with Crippen LogP contribution >= 0.6 is 0 Å². The molecular formula is C24H32N6O3. The third kappa shape index (κ3) is 4.62. The Hall–Kier alpha value is -3.62. The minimum Gasteiger partial charge on any atom is -0.496 e. The number of ether oxygens (including phenoxy) is 1. The van der Waals surface area contributed by atoms with Gasteiger partial charge in [0, 0.05) is 67.7 Å². The number of hydrogen-bond acceptors (Lipinski definition) is 7. The Bertz CT molecular complexity index is 1020. The van der Waals surface area contributed by atoms with Crippen LogP contribution in [0.5, 0.6) is 5.75 Å². The summed E-state index contributed by atoms with van der Waals surface area (Å²) in [5.41, 5.74) is 7.79. The van der Waals surface area contributed by atoms with Crippen LogP contribution in [0, 0.1) is 16.2 Å². The van der Waals surface area contributed by atoms with Gasteiger partial charge >= 0.3 is 0 Å². The lowest BCUT2D eigenvalue weighted by Crippen LogP contribution is -2.48. The summed E-state index contributed by atoms with van der Waals surface area (Å²) in [6, 6.07) is 5.46. The molecule has 2 amide bonds. The van der Waals surface area contributed by atoms with E-state index in [-0.39, 0.29) is 17.5 Å². The summed E-state index contributed by atoms with van der Waals surface area (Å²) in [6.07, 6.45) is 5.93. The molecule has 3 rings (SSSR count). The molecular weight excluding hydrogens is 420 g/mol. The number of nitrogens with two attached hydrogens (primary N) is 1. The van der Waals surface area contributed by atoms with E-state index >= 15 is 0 Å². The van der Waals surface area contributed by atoms with Gasteiger partial charge < -0.3 is 31.0 Å². The van der Waals surface area contributed by atoms with Crippen molar-refractivity contribution in [3.05, 3.63) is 41.7 Å². The number of likely N-dealkylation sites (tertiary alicyclic amines) is 1. The maximum atomic E-state index is 13.5. The number of methoxy groups -OCH3 is 1. The van der Waals surface area contributed by atoms with E-state index in [1.54, 1.807) is 36.9 Å². The van der Waals surface area contributed by atoms with Crippen molar-refractivity contribution in [1.82, 2.24) is 10.2 Å². The molecule has 2 aliphatic heterocycles. The molecule has 2 heterocycles. The Kier molecular flexibility index (Phi) is 7.20. The van der Waals surface area contributed by atoms with Gasteiger partial charge in [-0.15, -0.1) is 0 Å². The quantitative estimate of drug-likeness (QED) is 0.470. The first-order valence-corrected chi connectivity index (χ1v) is 11.0. The molecule has 176 valence electrons. The first kappa shape index (κ1) is 24.0. The predicted octanol–water partition coefficient (Wildman–Crippen LogP) is 2.13. The summed E-state index contributed by atoms with van der Waals surface area (Å²) in [6.45, 7) is 3.32. The van der Waals surface area contributed by atoms with Crippen LogP contribution in [0.25, 0.3) is 5.57 Å². The molecule has 2 fully saturated rings. The van der Waals surface area contributed by atoms with E-state index in [1.165, 1.54) is 12.3 Å². The average molecular weight is 453 g/mol. The summed E-state index contributed by atoms with van der Waals surface area (Å²) in [5, 5.41) is 18.5. The van der Waals surface area contributed by atoms with E-state index in [1.807, 2.05) is 12.1 Å². The Balaban J connectivity index is 1.73. The van der Waals surface area contributed by atoms with Crippen molar-refractivity contribution in [2.45, 2.75) is 26.2 Å². The zero-order chi connectivity index (χ0) is 24.2. The van der Waals surface area contributed by atoms with Gasteiger partial charge in [-0.1, -0.05) is 0 Å². The summed E-state index contributed by atoms with van der Waals surface area (Å²) in [4.78, 5) is 29.5. The molecule has 0 atom stereocenters. The van der Waals surface area contributed by atoms with Crippen LogP contribution in [-0.4, -0.2) is 62.4 Å². The number of anilines is 1. The molecule has 9 nitrogen and oxygen atoms in total. The highest BCUT2D eigenvalue weighted by Crippen LogP contribution is 2.44. The van der Waals surface area contributed by atoms with Crippen molar-refractivity contribution in [3.63, 3.8) is 0 Å². The van der Waals surface area contributed by atoms with Gasteiger partial charge in [0.2, 0.25) is 5.91 Å². The van der Waals surface area contributed by atoms with Gasteiger partial charge in [0.25, 0.3) is 5.91 Å². The Morgan fingerprint density at radius 2 is 1.91 bits per heavy atom. The van der Waals surface area contributed by atoms with Crippen molar-refractivity contribution in [2.75, 3.05) is 38.7 Å². The second kappa shape index (κ2) is 9.89. The van der Waals surface area contributed by atoms with E-state index < -0.39 is 5.41 Å². The number of rotatable bonds is 7. The molecule has 0 bridgehead atoms. The predicted molar refractivity (Wildman–Crippen MR) is 130 cm³/mol. The highest BCUT2D eigenvalue weighted by molar-refractivity contribution is 6.42. The highest BCUT2D eigenvalue weighted by atomic mass is 16.5. The van der Waals surface area contributed by atoms with Gasteiger partial charge in [-0.3, -0.25) is 15.0 Å². The number of amides is 2. The van der Waals surface area contributed by atoms with Crippen molar-refractivity contribution in [2.24, 2.45) is 11.1 Å². The zero-order valence-corrected chi connectivity index (χ0v) is 19.4. The highest BCUT2D eigenvalue weighted by Gasteiger charge is 2.49. The number of nitrogens with one attached hydrogen (secondary N) is 3. The molecule has 0 unspecified atom stereocenters. The standard InChI is InChI=1S/C24H32N6O3/c1-16(28-2)12-20(27)22(31)29-9-6-24(7-10-29)8-11-30(23(24)32)18-4-5-19(17(14-25)15-26)21(13-18)33-3/h4-5,12-15,25,27-28H,6-11,26H2,1-3H3/b16-12-,17-15+,25-14?,27-20?. The SMILES string of the molecule is CN/C(C)=C\C(=N)C(=O)N1CCC2(CC1)CCN(c1ccc(/C(C=N)=C/N)c(OC)c1)C2=O.